The average molecular weight is 260 g/mol. The highest BCUT2D eigenvalue weighted by molar-refractivity contribution is 6.41. The summed E-state index contributed by atoms with van der Waals surface area (Å²) in [5, 5.41) is 6.95. The monoisotopic (exact) mass is 259 g/mol. The van der Waals surface area contributed by atoms with Gasteiger partial charge < -0.3 is 15.6 Å². The van der Waals surface area contributed by atoms with E-state index in [1.807, 2.05) is 0 Å². The van der Waals surface area contributed by atoms with Crippen LogP contribution in [0.1, 0.15) is 10.5 Å². The summed E-state index contributed by atoms with van der Waals surface area (Å²) in [6.07, 6.45) is 0. The fraction of sp³-hybridized carbons (Fsp3) is 0.500. The number of rotatable bonds is 2. The maximum atomic E-state index is 11.8. The molecule has 1 amide bonds. The van der Waals surface area contributed by atoms with Crippen LogP contribution in [0, 0.1) is 11.8 Å². The van der Waals surface area contributed by atoms with Gasteiger partial charge in [-0.15, -0.1) is 0 Å². The number of fused-ring (bicyclic) bond motifs is 1. The summed E-state index contributed by atoms with van der Waals surface area (Å²) >= 11 is 11.5. The number of hydrogen-bond acceptors (Lipinski definition) is 2. The van der Waals surface area contributed by atoms with Gasteiger partial charge in [0.15, 0.2) is 0 Å². The van der Waals surface area contributed by atoms with Crippen molar-refractivity contribution < 1.29 is 4.79 Å². The molecule has 0 radical (unpaired) electrons. The molecule has 1 saturated carbocycles. The van der Waals surface area contributed by atoms with Crippen LogP contribution >= 0.6 is 23.2 Å². The van der Waals surface area contributed by atoms with Crippen LogP contribution in [0.15, 0.2) is 6.07 Å². The number of H-pyrrole nitrogens is 1. The summed E-state index contributed by atoms with van der Waals surface area (Å²) in [5.74, 6) is 1.07. The smallest absolute Gasteiger partial charge is 0.268 e. The predicted octanol–water partition coefficient (Wildman–Crippen LogP) is 1.27. The first-order valence-electron chi connectivity index (χ1n) is 5.22. The van der Waals surface area contributed by atoms with E-state index >= 15 is 0 Å². The molecule has 6 heteroatoms. The van der Waals surface area contributed by atoms with Crippen LogP contribution in [0.25, 0.3) is 0 Å². The summed E-state index contributed by atoms with van der Waals surface area (Å²) in [4.78, 5) is 14.6. The van der Waals surface area contributed by atoms with Gasteiger partial charge in [0.05, 0.1) is 5.02 Å². The summed E-state index contributed by atoms with van der Waals surface area (Å²) in [7, 11) is 0. The number of nitrogens with one attached hydrogen (secondary N) is 3. The second kappa shape index (κ2) is 3.65. The second-order valence-electron chi connectivity index (χ2n) is 4.33. The molecule has 2 aliphatic rings. The Balaban J connectivity index is 1.65. The molecule has 2 fully saturated rings. The summed E-state index contributed by atoms with van der Waals surface area (Å²) < 4.78 is 0. The predicted molar refractivity (Wildman–Crippen MR) is 61.9 cm³/mol. The standard InChI is InChI=1S/C10H11Cl2N3O/c11-6-1-7(14-9(6)12)10(16)15-8-4-2-13-3-5(4)8/h1,4-5,8,13-14H,2-3H2,(H,15,16). The molecule has 2 heterocycles. The first-order chi connectivity index (χ1) is 7.66. The van der Waals surface area contributed by atoms with E-state index in [4.69, 9.17) is 23.2 Å². The van der Waals surface area contributed by atoms with E-state index in [0.717, 1.165) is 13.1 Å². The zero-order valence-electron chi connectivity index (χ0n) is 8.39. The number of carbonyl (C=O) groups excluding carboxylic acids is 1. The van der Waals surface area contributed by atoms with Crippen molar-refractivity contribution in [3.05, 3.63) is 21.9 Å². The third-order valence-corrected chi connectivity index (χ3v) is 4.05. The van der Waals surface area contributed by atoms with Crippen LogP contribution in [0.5, 0.6) is 0 Å². The highest BCUT2D eigenvalue weighted by Gasteiger charge is 2.53. The Labute approximate surface area is 103 Å². The molecule has 2 unspecified atom stereocenters. The van der Waals surface area contributed by atoms with Gasteiger partial charge in [0.1, 0.15) is 10.8 Å². The van der Waals surface area contributed by atoms with Crippen molar-refractivity contribution in [2.24, 2.45) is 11.8 Å². The highest BCUT2D eigenvalue weighted by Crippen LogP contribution is 2.41. The Bertz CT molecular complexity index is 416. The Morgan fingerprint density at radius 3 is 2.62 bits per heavy atom. The number of piperidine rings is 1. The maximum Gasteiger partial charge on any atom is 0.268 e. The van der Waals surface area contributed by atoms with Crippen LogP contribution in [0.4, 0.5) is 0 Å². The highest BCUT2D eigenvalue weighted by atomic mass is 35.5. The summed E-state index contributed by atoms with van der Waals surface area (Å²) in [5.41, 5.74) is 0.424. The van der Waals surface area contributed by atoms with Crippen molar-refractivity contribution in [2.45, 2.75) is 6.04 Å². The van der Waals surface area contributed by atoms with Crippen molar-refractivity contribution >= 4 is 29.1 Å². The molecule has 4 nitrogen and oxygen atoms in total. The van der Waals surface area contributed by atoms with E-state index in [0.29, 0.717) is 33.7 Å². The van der Waals surface area contributed by atoms with Crippen molar-refractivity contribution in [3.63, 3.8) is 0 Å². The SMILES string of the molecule is O=C(NC1C2CNCC21)c1cc(Cl)c(Cl)[nH]1. The molecular weight excluding hydrogens is 249 g/mol. The summed E-state index contributed by atoms with van der Waals surface area (Å²) in [6, 6.07) is 1.87. The van der Waals surface area contributed by atoms with Gasteiger partial charge in [-0.25, -0.2) is 0 Å². The van der Waals surface area contributed by atoms with E-state index in [1.165, 1.54) is 0 Å². The number of aromatic amines is 1. The van der Waals surface area contributed by atoms with Gasteiger partial charge in [-0.2, -0.15) is 0 Å². The number of amides is 1. The minimum absolute atomic E-state index is 0.131. The van der Waals surface area contributed by atoms with Gasteiger partial charge in [0.2, 0.25) is 0 Å². The number of hydrogen-bond donors (Lipinski definition) is 3. The summed E-state index contributed by atoms with van der Waals surface area (Å²) in [6.45, 7) is 2.00. The number of halogens is 2. The lowest BCUT2D eigenvalue weighted by molar-refractivity contribution is 0.0942. The van der Waals surface area contributed by atoms with Crippen molar-refractivity contribution in [1.29, 1.82) is 0 Å². The molecule has 16 heavy (non-hydrogen) atoms. The van der Waals surface area contributed by atoms with E-state index in [2.05, 4.69) is 15.6 Å². The fourth-order valence-electron chi connectivity index (χ4n) is 2.39. The van der Waals surface area contributed by atoms with Gasteiger partial charge in [-0.05, 0) is 17.9 Å². The molecule has 0 spiro atoms. The quantitative estimate of drug-likeness (QED) is 0.750. The number of aromatic nitrogens is 1. The second-order valence-corrected chi connectivity index (χ2v) is 5.12. The van der Waals surface area contributed by atoms with Gasteiger partial charge in [-0.3, -0.25) is 4.79 Å². The topological polar surface area (TPSA) is 56.9 Å². The lowest BCUT2D eigenvalue weighted by atomic mass is 10.3. The molecule has 3 rings (SSSR count). The minimum atomic E-state index is -0.131. The van der Waals surface area contributed by atoms with Crippen molar-refractivity contribution in [1.82, 2.24) is 15.6 Å². The molecule has 1 aliphatic heterocycles. The molecule has 0 aromatic carbocycles. The van der Waals surface area contributed by atoms with Gasteiger partial charge in [-0.1, -0.05) is 23.2 Å². The molecule has 1 aromatic heterocycles. The molecule has 86 valence electrons. The molecule has 1 aliphatic carbocycles. The normalized spacial score (nSPS) is 31.2. The minimum Gasteiger partial charge on any atom is -0.347 e. The van der Waals surface area contributed by atoms with Crippen molar-refractivity contribution in [2.75, 3.05) is 13.1 Å². The zero-order chi connectivity index (χ0) is 11.3. The zero-order valence-corrected chi connectivity index (χ0v) is 9.90. The Kier molecular flexibility index (Phi) is 2.38. The molecule has 3 N–H and O–H groups in total. The molecular formula is C10H11Cl2N3O. The van der Waals surface area contributed by atoms with E-state index in [9.17, 15) is 4.79 Å². The van der Waals surface area contributed by atoms with Crippen LogP contribution in [0.3, 0.4) is 0 Å². The molecule has 0 bridgehead atoms. The molecule has 2 atom stereocenters. The Morgan fingerprint density at radius 2 is 2.06 bits per heavy atom. The first kappa shape index (κ1) is 10.4. The van der Waals surface area contributed by atoms with E-state index in [-0.39, 0.29) is 5.91 Å². The number of carbonyl (C=O) groups is 1. The average Bonchev–Trinajstić information content (AvgIpc) is 2.67. The van der Waals surface area contributed by atoms with Crippen LogP contribution < -0.4 is 10.6 Å². The fourth-order valence-corrected chi connectivity index (χ4v) is 2.70. The largest absolute Gasteiger partial charge is 0.347 e. The first-order valence-corrected chi connectivity index (χ1v) is 5.98. The van der Waals surface area contributed by atoms with Crippen LogP contribution in [-0.4, -0.2) is 30.0 Å². The Hall–Kier alpha value is -0.710. The molecule has 1 aromatic rings. The van der Waals surface area contributed by atoms with E-state index in [1.54, 1.807) is 6.07 Å². The van der Waals surface area contributed by atoms with Crippen LogP contribution in [-0.2, 0) is 0 Å². The third-order valence-electron chi connectivity index (χ3n) is 3.36. The Morgan fingerprint density at radius 1 is 1.38 bits per heavy atom. The lowest BCUT2D eigenvalue weighted by Crippen LogP contribution is -2.32. The van der Waals surface area contributed by atoms with Crippen molar-refractivity contribution in [3.8, 4) is 0 Å². The maximum absolute atomic E-state index is 11.8. The van der Waals surface area contributed by atoms with Gasteiger partial charge in [0.25, 0.3) is 5.91 Å². The molecule has 1 saturated heterocycles. The van der Waals surface area contributed by atoms with Gasteiger partial charge >= 0.3 is 0 Å². The van der Waals surface area contributed by atoms with E-state index < -0.39 is 0 Å². The lowest BCUT2D eigenvalue weighted by Gasteiger charge is -2.06. The third kappa shape index (κ3) is 1.61. The van der Waals surface area contributed by atoms with Gasteiger partial charge in [0, 0.05) is 19.1 Å². The van der Waals surface area contributed by atoms with Crippen LogP contribution in [0.2, 0.25) is 10.2 Å².